The molecule has 0 spiro atoms. The fourth-order valence-corrected chi connectivity index (χ4v) is 4.03. The predicted octanol–water partition coefficient (Wildman–Crippen LogP) is 6.72. The van der Waals surface area contributed by atoms with E-state index in [2.05, 4.69) is 33.5 Å². The third kappa shape index (κ3) is 3.21. The van der Waals surface area contributed by atoms with Crippen molar-refractivity contribution in [2.75, 3.05) is 5.32 Å². The van der Waals surface area contributed by atoms with Crippen LogP contribution in [-0.4, -0.2) is 9.97 Å². The molecule has 2 aromatic carbocycles. The Labute approximate surface area is 159 Å². The maximum absolute atomic E-state index is 6.30. The molecule has 0 radical (unpaired) electrons. The molecule has 4 rings (SSSR count). The van der Waals surface area contributed by atoms with Crippen molar-refractivity contribution < 1.29 is 0 Å². The molecule has 0 saturated carbocycles. The summed E-state index contributed by atoms with van der Waals surface area (Å²) in [5, 5.41) is 5.25. The van der Waals surface area contributed by atoms with E-state index >= 15 is 0 Å². The number of fused-ring (bicyclic) bond motifs is 1. The first-order valence-corrected chi connectivity index (χ1v) is 9.24. The standard InChI is InChI=1S/C19H13Cl2N3S/c1-11-22-18(24-15-9-5-8-14(20)17(15)21)13-10-16(25-19(13)23-11)12-6-3-2-4-7-12/h2-10H,1H3,(H,22,23,24). The molecular weight excluding hydrogens is 373 g/mol. The molecule has 0 bridgehead atoms. The Morgan fingerprint density at radius 1 is 0.960 bits per heavy atom. The molecule has 0 aliphatic carbocycles. The topological polar surface area (TPSA) is 37.8 Å². The zero-order valence-corrected chi connectivity index (χ0v) is 15.6. The largest absolute Gasteiger partial charge is 0.338 e. The van der Waals surface area contributed by atoms with Crippen LogP contribution in [0.25, 0.3) is 20.7 Å². The van der Waals surface area contributed by atoms with Gasteiger partial charge in [0.15, 0.2) is 0 Å². The molecule has 6 heteroatoms. The third-order valence-electron chi connectivity index (χ3n) is 3.77. The van der Waals surface area contributed by atoms with E-state index in [-0.39, 0.29) is 0 Å². The van der Waals surface area contributed by atoms with E-state index in [1.165, 1.54) is 0 Å². The molecule has 0 atom stereocenters. The van der Waals surface area contributed by atoms with Crippen LogP contribution in [0.5, 0.6) is 0 Å². The number of nitrogens with zero attached hydrogens (tertiary/aromatic N) is 2. The summed E-state index contributed by atoms with van der Waals surface area (Å²) >= 11 is 14.1. The van der Waals surface area contributed by atoms with Crippen LogP contribution in [0.4, 0.5) is 11.5 Å². The number of hydrogen-bond acceptors (Lipinski definition) is 4. The van der Waals surface area contributed by atoms with E-state index < -0.39 is 0 Å². The highest BCUT2D eigenvalue weighted by molar-refractivity contribution is 7.21. The normalized spacial score (nSPS) is 11.0. The molecule has 0 fully saturated rings. The number of rotatable bonds is 3. The van der Waals surface area contributed by atoms with Gasteiger partial charge in [-0.2, -0.15) is 0 Å². The summed E-state index contributed by atoms with van der Waals surface area (Å²) in [6, 6.07) is 17.8. The summed E-state index contributed by atoms with van der Waals surface area (Å²) < 4.78 is 0. The number of aryl methyl sites for hydroxylation is 1. The van der Waals surface area contributed by atoms with Gasteiger partial charge in [-0.05, 0) is 30.7 Å². The Kier molecular flexibility index (Phi) is 4.34. The van der Waals surface area contributed by atoms with E-state index in [4.69, 9.17) is 23.2 Å². The molecule has 25 heavy (non-hydrogen) atoms. The van der Waals surface area contributed by atoms with Gasteiger partial charge in [0.25, 0.3) is 0 Å². The maximum Gasteiger partial charge on any atom is 0.142 e. The van der Waals surface area contributed by atoms with Gasteiger partial charge in [0.05, 0.1) is 21.1 Å². The van der Waals surface area contributed by atoms with Crippen LogP contribution in [0.1, 0.15) is 5.82 Å². The Morgan fingerprint density at radius 2 is 1.76 bits per heavy atom. The van der Waals surface area contributed by atoms with Crippen LogP contribution in [0.2, 0.25) is 10.0 Å². The Balaban J connectivity index is 1.83. The molecule has 2 heterocycles. The highest BCUT2D eigenvalue weighted by atomic mass is 35.5. The van der Waals surface area contributed by atoms with Gasteiger partial charge in [0.1, 0.15) is 16.5 Å². The van der Waals surface area contributed by atoms with Crippen molar-refractivity contribution in [1.29, 1.82) is 0 Å². The first kappa shape index (κ1) is 16.3. The second kappa shape index (κ2) is 6.64. The lowest BCUT2D eigenvalue weighted by Crippen LogP contribution is -1.98. The second-order valence-electron chi connectivity index (χ2n) is 5.54. The SMILES string of the molecule is Cc1nc(Nc2cccc(Cl)c2Cl)c2cc(-c3ccccc3)sc2n1. The Hall–Kier alpha value is -2.14. The molecule has 124 valence electrons. The van der Waals surface area contributed by atoms with Crippen molar-refractivity contribution in [3.63, 3.8) is 0 Å². The number of thiophene rings is 1. The summed E-state index contributed by atoms with van der Waals surface area (Å²) in [4.78, 5) is 11.2. The van der Waals surface area contributed by atoms with Crippen molar-refractivity contribution in [3.05, 3.63) is 70.5 Å². The first-order chi connectivity index (χ1) is 12.1. The minimum Gasteiger partial charge on any atom is -0.338 e. The minimum atomic E-state index is 0.479. The number of nitrogens with one attached hydrogen (secondary N) is 1. The lowest BCUT2D eigenvalue weighted by Gasteiger charge is -2.10. The molecule has 2 aromatic heterocycles. The molecule has 0 amide bonds. The van der Waals surface area contributed by atoms with Crippen LogP contribution >= 0.6 is 34.5 Å². The molecule has 0 aliphatic rings. The van der Waals surface area contributed by atoms with Crippen molar-refractivity contribution in [1.82, 2.24) is 9.97 Å². The average molecular weight is 386 g/mol. The van der Waals surface area contributed by atoms with Crippen LogP contribution in [-0.2, 0) is 0 Å². The second-order valence-corrected chi connectivity index (χ2v) is 7.36. The lowest BCUT2D eigenvalue weighted by atomic mass is 10.2. The van der Waals surface area contributed by atoms with E-state index in [1.807, 2.05) is 37.3 Å². The van der Waals surface area contributed by atoms with Gasteiger partial charge in [-0.3, -0.25) is 0 Å². The summed E-state index contributed by atoms with van der Waals surface area (Å²) in [6.45, 7) is 1.88. The van der Waals surface area contributed by atoms with Crippen molar-refractivity contribution in [3.8, 4) is 10.4 Å². The van der Waals surface area contributed by atoms with Gasteiger partial charge < -0.3 is 5.32 Å². The number of halogens is 2. The zero-order chi connectivity index (χ0) is 17.4. The van der Waals surface area contributed by atoms with Gasteiger partial charge in [-0.1, -0.05) is 59.6 Å². The highest BCUT2D eigenvalue weighted by Crippen LogP contribution is 2.38. The van der Waals surface area contributed by atoms with E-state index in [0.717, 1.165) is 32.2 Å². The van der Waals surface area contributed by atoms with Crippen LogP contribution in [0.3, 0.4) is 0 Å². The molecule has 1 N–H and O–H groups in total. The Morgan fingerprint density at radius 3 is 2.56 bits per heavy atom. The summed E-state index contributed by atoms with van der Waals surface area (Å²) in [7, 11) is 0. The fourth-order valence-electron chi connectivity index (χ4n) is 2.60. The predicted molar refractivity (Wildman–Crippen MR) is 107 cm³/mol. The number of hydrogen-bond donors (Lipinski definition) is 1. The number of anilines is 2. The highest BCUT2D eigenvalue weighted by Gasteiger charge is 2.13. The van der Waals surface area contributed by atoms with Crippen LogP contribution in [0.15, 0.2) is 54.6 Å². The van der Waals surface area contributed by atoms with Crippen molar-refractivity contribution in [2.45, 2.75) is 6.92 Å². The quantitative estimate of drug-likeness (QED) is 0.425. The summed E-state index contributed by atoms with van der Waals surface area (Å²) in [5.41, 5.74) is 1.89. The molecule has 0 aliphatic heterocycles. The molecule has 4 aromatic rings. The van der Waals surface area contributed by atoms with E-state index in [9.17, 15) is 0 Å². The van der Waals surface area contributed by atoms with Gasteiger partial charge in [-0.25, -0.2) is 9.97 Å². The van der Waals surface area contributed by atoms with Gasteiger partial charge >= 0.3 is 0 Å². The van der Waals surface area contributed by atoms with E-state index in [1.54, 1.807) is 17.4 Å². The molecular formula is C19H13Cl2N3S. The molecule has 0 unspecified atom stereocenters. The van der Waals surface area contributed by atoms with Gasteiger partial charge in [0.2, 0.25) is 0 Å². The van der Waals surface area contributed by atoms with Crippen molar-refractivity contribution >= 4 is 56.3 Å². The van der Waals surface area contributed by atoms with Crippen LogP contribution in [0, 0.1) is 6.92 Å². The van der Waals surface area contributed by atoms with E-state index in [0.29, 0.717) is 15.9 Å². The Bertz CT molecular complexity index is 1060. The first-order valence-electron chi connectivity index (χ1n) is 7.66. The number of benzene rings is 2. The minimum absolute atomic E-state index is 0.479. The molecule has 0 saturated heterocycles. The lowest BCUT2D eigenvalue weighted by molar-refractivity contribution is 1.10. The van der Waals surface area contributed by atoms with Crippen LogP contribution < -0.4 is 5.32 Å². The zero-order valence-electron chi connectivity index (χ0n) is 13.3. The number of aromatic nitrogens is 2. The average Bonchev–Trinajstić information content (AvgIpc) is 3.04. The third-order valence-corrected chi connectivity index (χ3v) is 5.66. The smallest absolute Gasteiger partial charge is 0.142 e. The summed E-state index contributed by atoms with van der Waals surface area (Å²) in [6.07, 6.45) is 0. The van der Waals surface area contributed by atoms with Gasteiger partial charge in [-0.15, -0.1) is 11.3 Å². The summed E-state index contributed by atoms with van der Waals surface area (Å²) in [5.74, 6) is 1.43. The maximum atomic E-state index is 6.30. The molecule has 3 nitrogen and oxygen atoms in total. The van der Waals surface area contributed by atoms with Crippen molar-refractivity contribution in [2.24, 2.45) is 0 Å². The van der Waals surface area contributed by atoms with Gasteiger partial charge in [0, 0.05) is 4.88 Å². The fraction of sp³-hybridized carbons (Fsp3) is 0.0526. The monoisotopic (exact) mass is 385 g/mol.